The number of methoxy groups -OCH3 is 2. The van der Waals surface area contributed by atoms with Gasteiger partial charge in [0.15, 0.2) is 11.5 Å². The summed E-state index contributed by atoms with van der Waals surface area (Å²) in [6.07, 6.45) is 2.19. The predicted octanol–water partition coefficient (Wildman–Crippen LogP) is 1.77. The number of aromatic nitrogens is 2. The summed E-state index contributed by atoms with van der Waals surface area (Å²) in [4.78, 5) is 22.8. The first-order valence-electron chi connectivity index (χ1n) is 9.33. The maximum atomic E-state index is 12.0. The Balaban J connectivity index is 0.00000300. The molecule has 160 valence electrons. The van der Waals surface area contributed by atoms with E-state index in [9.17, 15) is 4.79 Å². The third-order valence-electron chi connectivity index (χ3n) is 4.75. The first-order chi connectivity index (χ1) is 13.5. The van der Waals surface area contributed by atoms with E-state index >= 15 is 0 Å². The number of carbonyl (C=O) groups is 1. The number of hydrogen-bond donors (Lipinski definition) is 2. The highest BCUT2D eigenvalue weighted by atomic mass is 35.5. The van der Waals surface area contributed by atoms with Crippen LogP contribution in [-0.4, -0.2) is 62.9 Å². The summed E-state index contributed by atoms with van der Waals surface area (Å²) in [6.45, 7) is 1.90. The molecule has 1 aliphatic heterocycles. The topological polar surface area (TPSA) is 112 Å². The Labute approximate surface area is 176 Å². The molecule has 10 heteroatoms. The quantitative estimate of drug-likeness (QED) is 0.615. The van der Waals surface area contributed by atoms with Crippen LogP contribution in [-0.2, 0) is 9.53 Å². The predicted molar refractivity (Wildman–Crippen MR) is 114 cm³/mol. The summed E-state index contributed by atoms with van der Waals surface area (Å²) < 4.78 is 16.0. The number of hydrogen-bond acceptors (Lipinski definition) is 8. The van der Waals surface area contributed by atoms with Crippen LogP contribution in [0.2, 0.25) is 0 Å². The van der Waals surface area contributed by atoms with Gasteiger partial charge in [-0.3, -0.25) is 4.79 Å². The van der Waals surface area contributed by atoms with Crippen LogP contribution in [0.1, 0.15) is 19.3 Å². The van der Waals surface area contributed by atoms with Crippen LogP contribution in [0.15, 0.2) is 12.1 Å². The van der Waals surface area contributed by atoms with Gasteiger partial charge in [0, 0.05) is 38.2 Å². The Kier molecular flexibility index (Phi) is 8.10. The Morgan fingerprint density at radius 2 is 2.03 bits per heavy atom. The molecule has 0 spiro atoms. The lowest BCUT2D eigenvalue weighted by Gasteiger charge is -2.19. The van der Waals surface area contributed by atoms with Gasteiger partial charge in [-0.25, -0.2) is 4.98 Å². The van der Waals surface area contributed by atoms with E-state index in [0.717, 1.165) is 19.3 Å². The zero-order valence-corrected chi connectivity index (χ0v) is 17.8. The SMILES string of the molecule is COc1cc2nc(N(C)CCCNC(=O)[C@@H]3CCCO3)nc(N)c2cc1OC.Cl. The summed E-state index contributed by atoms with van der Waals surface area (Å²) in [6, 6.07) is 3.55. The molecule has 1 fully saturated rings. The fourth-order valence-electron chi connectivity index (χ4n) is 3.16. The van der Waals surface area contributed by atoms with Gasteiger partial charge in [0.25, 0.3) is 0 Å². The largest absolute Gasteiger partial charge is 0.493 e. The molecule has 0 bridgehead atoms. The first-order valence-corrected chi connectivity index (χ1v) is 9.33. The van der Waals surface area contributed by atoms with Gasteiger partial charge >= 0.3 is 0 Å². The maximum absolute atomic E-state index is 12.0. The van der Waals surface area contributed by atoms with Gasteiger partial charge < -0.3 is 30.2 Å². The average molecular weight is 426 g/mol. The molecule has 9 nitrogen and oxygen atoms in total. The third kappa shape index (κ3) is 5.30. The molecule has 29 heavy (non-hydrogen) atoms. The molecule has 1 aromatic carbocycles. The Bertz CT molecular complexity index is 845. The van der Waals surface area contributed by atoms with Crippen LogP contribution in [0.25, 0.3) is 10.9 Å². The van der Waals surface area contributed by atoms with Crippen LogP contribution < -0.4 is 25.4 Å². The minimum atomic E-state index is -0.298. The summed E-state index contributed by atoms with van der Waals surface area (Å²) in [5, 5.41) is 3.62. The number of nitrogen functional groups attached to an aromatic ring is 1. The lowest BCUT2D eigenvalue weighted by atomic mass is 10.2. The number of benzene rings is 1. The lowest BCUT2D eigenvalue weighted by molar-refractivity contribution is -0.130. The van der Waals surface area contributed by atoms with Gasteiger partial charge in [-0.05, 0) is 25.3 Å². The van der Waals surface area contributed by atoms with Gasteiger partial charge in [0.1, 0.15) is 11.9 Å². The van der Waals surface area contributed by atoms with Crippen molar-refractivity contribution in [1.82, 2.24) is 15.3 Å². The van der Waals surface area contributed by atoms with Crippen molar-refractivity contribution in [3.63, 3.8) is 0 Å². The molecular weight excluding hydrogens is 398 g/mol. The van der Waals surface area contributed by atoms with Gasteiger partial charge in [-0.15, -0.1) is 12.4 Å². The normalized spacial score (nSPS) is 15.6. The molecule has 1 amide bonds. The minimum Gasteiger partial charge on any atom is -0.493 e. The van der Waals surface area contributed by atoms with E-state index in [0.29, 0.717) is 53.9 Å². The molecule has 0 radical (unpaired) electrons. The molecule has 0 saturated carbocycles. The highest BCUT2D eigenvalue weighted by molar-refractivity contribution is 5.91. The molecule has 2 aromatic rings. The van der Waals surface area contributed by atoms with E-state index in [1.165, 1.54) is 0 Å². The van der Waals surface area contributed by atoms with Crippen LogP contribution in [0.5, 0.6) is 11.5 Å². The Morgan fingerprint density at radius 1 is 1.31 bits per heavy atom. The number of halogens is 1. The zero-order chi connectivity index (χ0) is 20.1. The number of nitrogens with one attached hydrogen (secondary N) is 1. The summed E-state index contributed by atoms with van der Waals surface area (Å²) in [7, 11) is 5.04. The zero-order valence-electron chi connectivity index (χ0n) is 16.9. The highest BCUT2D eigenvalue weighted by Gasteiger charge is 2.22. The van der Waals surface area contributed by atoms with Gasteiger partial charge in [-0.1, -0.05) is 0 Å². The number of amides is 1. The van der Waals surface area contributed by atoms with Crippen LogP contribution in [0.4, 0.5) is 11.8 Å². The third-order valence-corrected chi connectivity index (χ3v) is 4.75. The van der Waals surface area contributed by atoms with Gasteiger partial charge in [0.05, 0.1) is 19.7 Å². The van der Waals surface area contributed by atoms with Crippen LogP contribution in [0.3, 0.4) is 0 Å². The van der Waals surface area contributed by atoms with Crippen LogP contribution in [0, 0.1) is 0 Å². The number of rotatable bonds is 8. The second kappa shape index (κ2) is 10.3. The highest BCUT2D eigenvalue weighted by Crippen LogP contribution is 2.33. The standard InChI is InChI=1S/C19H27N5O4.ClH/c1-24(8-5-7-21-18(25)14-6-4-9-28-14)19-22-13-11-16(27-3)15(26-2)10-12(13)17(20)23-19;/h10-11,14H,4-9H2,1-3H3,(H,21,25)(H2,20,22,23);1H/t14-;/m0./s1. The van der Waals surface area contributed by atoms with Crippen molar-refractivity contribution in [1.29, 1.82) is 0 Å². The number of carbonyl (C=O) groups excluding carboxylic acids is 1. The molecule has 3 rings (SSSR count). The smallest absolute Gasteiger partial charge is 0.249 e. The number of nitrogens with two attached hydrogens (primary N) is 1. The van der Waals surface area contributed by atoms with Gasteiger partial charge in [0.2, 0.25) is 11.9 Å². The summed E-state index contributed by atoms with van der Waals surface area (Å²) in [5.41, 5.74) is 6.81. The lowest BCUT2D eigenvalue weighted by Crippen LogP contribution is -2.36. The van der Waals surface area contributed by atoms with Crippen LogP contribution >= 0.6 is 12.4 Å². The Morgan fingerprint density at radius 3 is 2.69 bits per heavy atom. The van der Waals surface area contributed by atoms with E-state index in [4.69, 9.17) is 19.9 Å². The molecule has 1 aromatic heterocycles. The van der Waals surface area contributed by atoms with E-state index in [-0.39, 0.29) is 24.4 Å². The molecule has 2 heterocycles. The second-order valence-corrected chi connectivity index (χ2v) is 6.70. The van der Waals surface area contributed by atoms with Crippen molar-refractivity contribution in [2.45, 2.75) is 25.4 Å². The van der Waals surface area contributed by atoms with Crippen molar-refractivity contribution >= 4 is 41.0 Å². The van der Waals surface area contributed by atoms with E-state index in [2.05, 4.69) is 15.3 Å². The second-order valence-electron chi connectivity index (χ2n) is 6.70. The Hall–Kier alpha value is -2.52. The maximum Gasteiger partial charge on any atom is 0.249 e. The molecule has 3 N–H and O–H groups in total. The summed E-state index contributed by atoms with van der Waals surface area (Å²) >= 11 is 0. The summed E-state index contributed by atoms with van der Waals surface area (Å²) in [5.74, 6) is 2.02. The minimum absolute atomic E-state index is 0. The van der Waals surface area contributed by atoms with Crippen molar-refractivity contribution in [3.05, 3.63) is 12.1 Å². The van der Waals surface area contributed by atoms with Crippen molar-refractivity contribution in [2.24, 2.45) is 0 Å². The van der Waals surface area contributed by atoms with E-state index < -0.39 is 0 Å². The fraction of sp³-hybridized carbons (Fsp3) is 0.526. The van der Waals surface area contributed by atoms with E-state index in [1.54, 1.807) is 26.4 Å². The number of nitrogens with zero attached hydrogens (tertiary/aromatic N) is 3. The fourth-order valence-corrected chi connectivity index (χ4v) is 3.16. The molecule has 0 aliphatic carbocycles. The molecular formula is C19H28ClN5O4. The molecule has 1 aliphatic rings. The molecule has 1 atom stereocenters. The number of fused-ring (bicyclic) bond motifs is 1. The average Bonchev–Trinajstić information content (AvgIpc) is 3.24. The first kappa shape index (κ1) is 22.8. The van der Waals surface area contributed by atoms with Crippen molar-refractivity contribution in [3.8, 4) is 11.5 Å². The van der Waals surface area contributed by atoms with Gasteiger partial charge in [-0.2, -0.15) is 4.98 Å². The monoisotopic (exact) mass is 425 g/mol. The van der Waals surface area contributed by atoms with E-state index in [1.807, 2.05) is 11.9 Å². The van der Waals surface area contributed by atoms with Crippen molar-refractivity contribution in [2.75, 3.05) is 51.6 Å². The number of ether oxygens (including phenoxy) is 3. The molecule has 1 saturated heterocycles. The number of anilines is 2. The molecule has 0 unspecified atom stereocenters. The van der Waals surface area contributed by atoms with Crippen molar-refractivity contribution < 1.29 is 19.0 Å².